The van der Waals surface area contributed by atoms with Gasteiger partial charge in [0.2, 0.25) is 6.33 Å². The maximum atomic E-state index is 6.77. The second-order valence-electron chi connectivity index (χ2n) is 14.7. The number of para-hydroxylation sites is 5. The van der Waals surface area contributed by atoms with E-state index < -0.39 is 0 Å². The van der Waals surface area contributed by atoms with Crippen molar-refractivity contribution >= 4 is 76.5 Å². The molecular weight excluding hydrogens is 701 g/mol. The number of rotatable bonds is 5. The first-order valence-corrected chi connectivity index (χ1v) is 19.2. The Labute approximate surface area is 327 Å². The number of fused-ring (bicyclic) bond motifs is 13. The lowest BCUT2D eigenvalue weighted by Gasteiger charge is -2.13. The fourth-order valence-corrected chi connectivity index (χ4v) is 9.23. The Morgan fingerprint density at radius 1 is 0.509 bits per heavy atom. The van der Waals surface area contributed by atoms with E-state index in [4.69, 9.17) is 9.72 Å². The maximum Gasteiger partial charge on any atom is 0.244 e. The number of aryl methyl sites for hydroxylation is 2. The highest BCUT2D eigenvalue weighted by atomic mass is 16.5. The molecule has 0 radical (unpaired) electrons. The maximum absolute atomic E-state index is 6.77. The lowest BCUT2D eigenvalue weighted by molar-refractivity contribution is -0.572. The van der Waals surface area contributed by atoms with E-state index in [9.17, 15) is 0 Å². The first-order valence-electron chi connectivity index (χ1n) is 19.2. The monoisotopic (exact) mass is 734 g/mol. The van der Waals surface area contributed by atoms with Crippen LogP contribution in [-0.4, -0.2) is 23.3 Å². The van der Waals surface area contributed by atoms with E-state index in [1.807, 2.05) is 36.0 Å². The second kappa shape index (κ2) is 11.9. The molecule has 5 aromatic heterocycles. The number of benzene rings is 7. The van der Waals surface area contributed by atoms with Gasteiger partial charge in [-0.1, -0.05) is 97.1 Å². The third-order valence-electron chi connectivity index (χ3n) is 11.6. The number of nitrogens with zero attached hydrogens (tertiary/aromatic N) is 6. The number of pyridine rings is 1. The molecule has 57 heavy (non-hydrogen) atoms. The SMILES string of the molecule is Cn1[c-][n+](-c2cccc(Oc3ccc4c5c6c7ccccc7n(C)c6c6c7ccccc7n(-c7ccccc7)c6c5n(-c5ccccn5)c4c3)c2)c2ccccc21. The zero-order chi connectivity index (χ0) is 37.8. The second-order valence-corrected chi connectivity index (χ2v) is 14.7. The zero-order valence-corrected chi connectivity index (χ0v) is 31.3. The molecule has 0 unspecified atom stereocenters. The van der Waals surface area contributed by atoms with Crippen molar-refractivity contribution in [2.24, 2.45) is 14.1 Å². The minimum Gasteiger partial charge on any atom is -0.458 e. The number of imidazole rings is 1. The van der Waals surface area contributed by atoms with Crippen LogP contribution >= 0.6 is 0 Å². The van der Waals surface area contributed by atoms with Crippen LogP contribution in [0.15, 0.2) is 170 Å². The zero-order valence-electron chi connectivity index (χ0n) is 31.3. The molecule has 0 spiro atoms. The number of aromatic nitrogens is 6. The van der Waals surface area contributed by atoms with Gasteiger partial charge in [0.05, 0.1) is 51.4 Å². The molecule has 7 aromatic carbocycles. The molecule has 7 nitrogen and oxygen atoms in total. The minimum atomic E-state index is 0.737. The average molecular weight is 735 g/mol. The van der Waals surface area contributed by atoms with Crippen molar-refractivity contribution in [1.82, 2.24) is 23.3 Å². The van der Waals surface area contributed by atoms with E-state index in [0.29, 0.717) is 0 Å². The quantitative estimate of drug-likeness (QED) is 0.131. The molecule has 0 saturated heterocycles. The third-order valence-corrected chi connectivity index (χ3v) is 11.6. The first-order chi connectivity index (χ1) is 28.1. The fourth-order valence-electron chi connectivity index (χ4n) is 9.23. The van der Waals surface area contributed by atoms with E-state index >= 15 is 0 Å². The summed E-state index contributed by atoms with van der Waals surface area (Å²) in [6.07, 6.45) is 5.33. The third kappa shape index (κ3) is 4.48. The van der Waals surface area contributed by atoms with Crippen molar-refractivity contribution in [2.45, 2.75) is 0 Å². The van der Waals surface area contributed by atoms with Crippen LogP contribution in [0, 0.1) is 6.33 Å². The van der Waals surface area contributed by atoms with Crippen LogP contribution in [-0.2, 0) is 14.1 Å². The minimum absolute atomic E-state index is 0.737. The lowest BCUT2D eigenvalue weighted by atomic mass is 10.0. The smallest absolute Gasteiger partial charge is 0.244 e. The van der Waals surface area contributed by atoms with E-state index in [2.05, 4.69) is 177 Å². The number of hydrogen-bond donors (Lipinski definition) is 0. The lowest BCUT2D eigenvalue weighted by Crippen LogP contribution is -2.29. The van der Waals surface area contributed by atoms with Crippen molar-refractivity contribution < 1.29 is 9.30 Å². The average Bonchev–Trinajstić information content (AvgIpc) is 3.98. The molecule has 270 valence electrons. The Hall–Kier alpha value is -7.64. The van der Waals surface area contributed by atoms with Gasteiger partial charge >= 0.3 is 0 Å². The van der Waals surface area contributed by atoms with E-state index in [1.54, 1.807) is 0 Å². The highest BCUT2D eigenvalue weighted by molar-refractivity contribution is 6.40. The molecule has 0 N–H and O–H groups in total. The van der Waals surface area contributed by atoms with E-state index in [-0.39, 0.29) is 0 Å². The van der Waals surface area contributed by atoms with Gasteiger partial charge in [-0.25, -0.2) is 4.98 Å². The standard InChI is InChI=1S/C50H34N6O/c1-52-31-54(42-24-11-10-23-41(42)52)33-17-14-18-34(29-33)57-35-26-27-38-43(30-35)56(44-25-12-13-28-51-44)49-46(38)45-36-19-6-8-21-39(36)53(2)48(45)47-37-20-7-9-22-40(37)55(50(47)49)32-15-4-3-5-16-32/h3-30H,1-2H3. The van der Waals surface area contributed by atoms with Gasteiger partial charge in [0, 0.05) is 62.8 Å². The highest BCUT2D eigenvalue weighted by Crippen LogP contribution is 2.49. The molecule has 7 heteroatoms. The van der Waals surface area contributed by atoms with Crippen LogP contribution in [0.5, 0.6) is 11.5 Å². The predicted molar refractivity (Wildman–Crippen MR) is 230 cm³/mol. The van der Waals surface area contributed by atoms with Crippen LogP contribution < -0.4 is 9.30 Å². The summed E-state index contributed by atoms with van der Waals surface area (Å²) < 4.78 is 18.0. The van der Waals surface area contributed by atoms with Crippen LogP contribution in [0.2, 0.25) is 0 Å². The van der Waals surface area contributed by atoms with Gasteiger partial charge in [-0.15, -0.1) is 0 Å². The summed E-state index contributed by atoms with van der Waals surface area (Å²) in [6, 6.07) is 57.5. The molecule has 0 bridgehead atoms. The number of ether oxygens (including phenoxy) is 1. The van der Waals surface area contributed by atoms with Crippen LogP contribution in [0.4, 0.5) is 0 Å². The fraction of sp³-hybridized carbons (Fsp3) is 0.0400. The van der Waals surface area contributed by atoms with Crippen molar-refractivity contribution in [3.63, 3.8) is 0 Å². The molecule has 0 aliphatic carbocycles. The van der Waals surface area contributed by atoms with E-state index in [0.717, 1.165) is 67.2 Å². The summed E-state index contributed by atoms with van der Waals surface area (Å²) in [6.45, 7) is 0. The molecule has 12 rings (SSSR count). The Kier molecular flexibility index (Phi) is 6.63. The molecule has 0 aliphatic heterocycles. The summed E-state index contributed by atoms with van der Waals surface area (Å²) in [7, 11) is 4.23. The molecule has 0 aliphatic rings. The van der Waals surface area contributed by atoms with Gasteiger partial charge < -0.3 is 23.0 Å². The Balaban J connectivity index is 1.20. The first kappa shape index (κ1) is 31.7. The Bertz CT molecular complexity index is 3570. The van der Waals surface area contributed by atoms with Gasteiger partial charge in [-0.05, 0) is 60.7 Å². The summed E-state index contributed by atoms with van der Waals surface area (Å²) in [5, 5.41) is 7.19. The highest BCUT2D eigenvalue weighted by Gasteiger charge is 2.28. The Morgan fingerprint density at radius 2 is 1.18 bits per heavy atom. The van der Waals surface area contributed by atoms with Crippen LogP contribution in [0.25, 0.3) is 93.6 Å². The van der Waals surface area contributed by atoms with Gasteiger partial charge in [-0.2, -0.15) is 0 Å². The summed E-state index contributed by atoms with van der Waals surface area (Å²) in [5.74, 6) is 2.31. The van der Waals surface area contributed by atoms with Crippen LogP contribution in [0.3, 0.4) is 0 Å². The van der Waals surface area contributed by atoms with Gasteiger partial charge in [0.15, 0.2) is 0 Å². The predicted octanol–water partition coefficient (Wildman–Crippen LogP) is 11.3. The molecule has 0 atom stereocenters. The topological polar surface area (TPSA) is 45.7 Å². The molecule has 0 saturated carbocycles. The number of hydrogen-bond acceptors (Lipinski definition) is 2. The largest absolute Gasteiger partial charge is 0.458 e. The van der Waals surface area contributed by atoms with Crippen molar-refractivity contribution in [3.8, 4) is 28.7 Å². The van der Waals surface area contributed by atoms with Crippen molar-refractivity contribution in [3.05, 3.63) is 176 Å². The van der Waals surface area contributed by atoms with Crippen molar-refractivity contribution in [2.75, 3.05) is 0 Å². The Morgan fingerprint density at radius 3 is 2.00 bits per heavy atom. The molecule has 12 aromatic rings. The normalized spacial score (nSPS) is 12.0. The summed E-state index contributed by atoms with van der Waals surface area (Å²) in [5.41, 5.74) is 11.1. The van der Waals surface area contributed by atoms with Crippen LogP contribution in [0.1, 0.15) is 0 Å². The van der Waals surface area contributed by atoms with Gasteiger partial charge in [-0.3, -0.25) is 4.57 Å². The molecule has 0 amide bonds. The molecule has 0 fully saturated rings. The van der Waals surface area contributed by atoms with E-state index in [1.165, 1.54) is 38.0 Å². The van der Waals surface area contributed by atoms with Gasteiger partial charge in [0.1, 0.15) is 17.3 Å². The summed E-state index contributed by atoms with van der Waals surface area (Å²) >= 11 is 0. The summed E-state index contributed by atoms with van der Waals surface area (Å²) in [4.78, 5) is 5.02. The van der Waals surface area contributed by atoms with Crippen molar-refractivity contribution in [1.29, 1.82) is 0 Å². The molecular formula is C50H34N6O. The van der Waals surface area contributed by atoms with Gasteiger partial charge in [0.25, 0.3) is 0 Å². The molecule has 5 heterocycles.